The van der Waals surface area contributed by atoms with Gasteiger partial charge in [0.1, 0.15) is 0 Å². The molecule has 0 radical (unpaired) electrons. The van der Waals surface area contributed by atoms with Crippen molar-refractivity contribution in [1.29, 1.82) is 0 Å². The molecule has 1 N–H and O–H groups in total. The van der Waals surface area contributed by atoms with Gasteiger partial charge in [-0.2, -0.15) is 0 Å². The lowest BCUT2D eigenvalue weighted by Gasteiger charge is -2.21. The van der Waals surface area contributed by atoms with E-state index in [0.717, 1.165) is 44.2 Å². The highest BCUT2D eigenvalue weighted by molar-refractivity contribution is 14.0. The molecule has 0 saturated carbocycles. The molecule has 1 aromatic carbocycles. The number of methoxy groups -OCH3 is 1. The minimum atomic E-state index is -0.285. The average Bonchev–Trinajstić information content (AvgIpc) is 3.08. The second kappa shape index (κ2) is 12.1. The summed E-state index contributed by atoms with van der Waals surface area (Å²) < 4.78 is 10.3. The molecule has 0 aromatic heterocycles. The summed E-state index contributed by atoms with van der Waals surface area (Å²) in [4.78, 5) is 18.7. The maximum absolute atomic E-state index is 11.7. The van der Waals surface area contributed by atoms with Gasteiger partial charge in [0.25, 0.3) is 0 Å². The largest absolute Gasteiger partial charge is 0.462 e. The van der Waals surface area contributed by atoms with Gasteiger partial charge in [0.2, 0.25) is 0 Å². The molecule has 1 heterocycles. The highest BCUT2D eigenvalue weighted by Gasteiger charge is 2.24. The summed E-state index contributed by atoms with van der Waals surface area (Å²) in [5, 5.41) is 3.36. The van der Waals surface area contributed by atoms with Crippen LogP contribution in [-0.2, 0) is 16.0 Å². The van der Waals surface area contributed by atoms with Crippen molar-refractivity contribution in [3.63, 3.8) is 0 Å². The number of carbonyl (C=O) groups excluding carboxylic acids is 1. The summed E-state index contributed by atoms with van der Waals surface area (Å²) in [6.45, 7) is 8.46. The van der Waals surface area contributed by atoms with E-state index in [4.69, 9.17) is 14.5 Å². The van der Waals surface area contributed by atoms with Gasteiger partial charge in [0.15, 0.2) is 5.96 Å². The maximum Gasteiger partial charge on any atom is 0.338 e. The minimum absolute atomic E-state index is 0. The zero-order valence-electron chi connectivity index (χ0n) is 15.9. The van der Waals surface area contributed by atoms with Crippen LogP contribution >= 0.6 is 24.0 Å². The molecule has 1 aromatic rings. The molecular formula is C19H30IN3O3. The van der Waals surface area contributed by atoms with Crippen molar-refractivity contribution in [3.8, 4) is 0 Å². The molecule has 26 heavy (non-hydrogen) atoms. The van der Waals surface area contributed by atoms with E-state index in [1.165, 1.54) is 0 Å². The number of benzene rings is 1. The first-order valence-corrected chi connectivity index (χ1v) is 8.96. The number of carbonyl (C=O) groups is 1. The van der Waals surface area contributed by atoms with E-state index < -0.39 is 0 Å². The highest BCUT2D eigenvalue weighted by atomic mass is 127. The Bertz CT molecular complexity index is 578. The van der Waals surface area contributed by atoms with E-state index in [2.05, 4.69) is 17.1 Å². The number of hydrogen-bond acceptors (Lipinski definition) is 4. The SMILES string of the molecule is CCNC(=NCc1ccc(C(=O)OCC)cc1)N1CCC(COC)C1.I. The van der Waals surface area contributed by atoms with E-state index in [-0.39, 0.29) is 29.9 Å². The van der Waals surface area contributed by atoms with Crippen LogP contribution in [0, 0.1) is 5.92 Å². The molecule has 1 fully saturated rings. The number of halogens is 1. The summed E-state index contributed by atoms with van der Waals surface area (Å²) in [5.41, 5.74) is 1.64. The third-order valence-electron chi connectivity index (χ3n) is 4.20. The van der Waals surface area contributed by atoms with Crippen molar-refractivity contribution in [2.45, 2.75) is 26.8 Å². The second-order valence-electron chi connectivity index (χ2n) is 6.14. The van der Waals surface area contributed by atoms with Gasteiger partial charge in [-0.3, -0.25) is 0 Å². The van der Waals surface area contributed by atoms with Crippen molar-refractivity contribution in [3.05, 3.63) is 35.4 Å². The van der Waals surface area contributed by atoms with Crippen LogP contribution in [0.15, 0.2) is 29.3 Å². The van der Waals surface area contributed by atoms with Crippen LogP contribution in [0.3, 0.4) is 0 Å². The second-order valence-corrected chi connectivity index (χ2v) is 6.14. The normalized spacial score (nSPS) is 17.0. The minimum Gasteiger partial charge on any atom is -0.462 e. The number of aliphatic imine (C=N–C) groups is 1. The van der Waals surface area contributed by atoms with Crippen LogP contribution < -0.4 is 5.32 Å². The lowest BCUT2D eigenvalue weighted by Crippen LogP contribution is -2.40. The van der Waals surface area contributed by atoms with Gasteiger partial charge in [-0.05, 0) is 38.0 Å². The molecule has 0 amide bonds. The Morgan fingerprint density at radius 3 is 2.65 bits per heavy atom. The fraction of sp³-hybridized carbons (Fsp3) is 0.579. The predicted molar refractivity (Wildman–Crippen MR) is 114 cm³/mol. The van der Waals surface area contributed by atoms with E-state index in [1.807, 2.05) is 12.1 Å². The fourth-order valence-corrected chi connectivity index (χ4v) is 2.95. The van der Waals surface area contributed by atoms with Gasteiger partial charge in [-0.15, -0.1) is 24.0 Å². The Kier molecular flexibility index (Phi) is 10.6. The zero-order valence-corrected chi connectivity index (χ0v) is 18.2. The first-order chi connectivity index (χ1) is 12.2. The fourth-order valence-electron chi connectivity index (χ4n) is 2.95. The molecule has 1 aliphatic heterocycles. The maximum atomic E-state index is 11.7. The van der Waals surface area contributed by atoms with Gasteiger partial charge >= 0.3 is 5.97 Å². The molecular weight excluding hydrogens is 445 g/mol. The molecule has 1 atom stereocenters. The van der Waals surface area contributed by atoms with E-state index in [9.17, 15) is 4.79 Å². The molecule has 0 bridgehead atoms. The van der Waals surface area contributed by atoms with Crippen LogP contribution in [0.25, 0.3) is 0 Å². The lowest BCUT2D eigenvalue weighted by atomic mass is 10.1. The predicted octanol–water partition coefficient (Wildman–Crippen LogP) is 2.92. The standard InChI is InChI=1S/C19H29N3O3.HI/c1-4-20-19(22-11-10-16(13-22)14-24-3)21-12-15-6-8-17(9-7-15)18(23)25-5-2;/h6-9,16H,4-5,10-14H2,1-3H3,(H,20,21);1H. The molecule has 2 rings (SSSR count). The molecule has 1 saturated heterocycles. The summed E-state index contributed by atoms with van der Waals surface area (Å²) in [7, 11) is 1.75. The van der Waals surface area contributed by atoms with Crippen molar-refractivity contribution >= 4 is 35.9 Å². The number of nitrogens with one attached hydrogen (secondary N) is 1. The quantitative estimate of drug-likeness (QED) is 0.285. The van der Waals surface area contributed by atoms with Gasteiger partial charge in [-0.1, -0.05) is 12.1 Å². The van der Waals surface area contributed by atoms with Gasteiger partial charge in [0.05, 0.1) is 25.3 Å². The van der Waals surface area contributed by atoms with Crippen molar-refractivity contribution < 1.29 is 14.3 Å². The summed E-state index contributed by atoms with van der Waals surface area (Å²) >= 11 is 0. The first-order valence-electron chi connectivity index (χ1n) is 8.96. The summed E-state index contributed by atoms with van der Waals surface area (Å²) in [6.07, 6.45) is 1.13. The Hall–Kier alpha value is -1.35. The first kappa shape index (κ1) is 22.7. The summed E-state index contributed by atoms with van der Waals surface area (Å²) in [6, 6.07) is 7.44. The Balaban J connectivity index is 0.00000338. The van der Waals surface area contributed by atoms with Crippen molar-refractivity contribution in [2.75, 3.05) is 40.0 Å². The van der Waals surface area contributed by atoms with Crippen LogP contribution in [-0.4, -0.2) is 56.8 Å². The van der Waals surface area contributed by atoms with Gasteiger partial charge < -0.3 is 19.7 Å². The number of ether oxygens (including phenoxy) is 2. The van der Waals surface area contributed by atoms with Gasteiger partial charge in [-0.25, -0.2) is 9.79 Å². The molecule has 6 nitrogen and oxygen atoms in total. The molecule has 1 aliphatic rings. The topological polar surface area (TPSA) is 63.2 Å². The molecule has 146 valence electrons. The lowest BCUT2D eigenvalue weighted by molar-refractivity contribution is 0.0526. The Labute approximate surface area is 173 Å². The molecule has 0 aliphatic carbocycles. The number of guanidine groups is 1. The smallest absolute Gasteiger partial charge is 0.338 e. The zero-order chi connectivity index (χ0) is 18.1. The number of rotatable bonds is 7. The van der Waals surface area contributed by atoms with Crippen molar-refractivity contribution in [1.82, 2.24) is 10.2 Å². The monoisotopic (exact) mass is 475 g/mol. The Morgan fingerprint density at radius 2 is 2.04 bits per heavy atom. The van der Waals surface area contributed by atoms with E-state index >= 15 is 0 Å². The number of esters is 1. The molecule has 1 unspecified atom stereocenters. The van der Waals surface area contributed by atoms with E-state index in [0.29, 0.717) is 24.6 Å². The van der Waals surface area contributed by atoms with Crippen LogP contribution in [0.5, 0.6) is 0 Å². The third kappa shape index (κ3) is 6.75. The number of nitrogens with zero attached hydrogens (tertiary/aromatic N) is 2. The number of hydrogen-bond donors (Lipinski definition) is 1. The van der Waals surface area contributed by atoms with E-state index in [1.54, 1.807) is 26.2 Å². The van der Waals surface area contributed by atoms with Crippen LogP contribution in [0.1, 0.15) is 36.2 Å². The highest BCUT2D eigenvalue weighted by Crippen LogP contribution is 2.17. The van der Waals surface area contributed by atoms with Crippen LogP contribution in [0.2, 0.25) is 0 Å². The Morgan fingerprint density at radius 1 is 1.31 bits per heavy atom. The third-order valence-corrected chi connectivity index (χ3v) is 4.20. The van der Waals surface area contributed by atoms with Crippen LogP contribution in [0.4, 0.5) is 0 Å². The van der Waals surface area contributed by atoms with Gasteiger partial charge in [0, 0.05) is 32.7 Å². The molecule has 7 heteroatoms. The van der Waals surface area contributed by atoms with Crippen molar-refractivity contribution in [2.24, 2.45) is 10.9 Å². The number of likely N-dealkylation sites (tertiary alicyclic amines) is 1. The molecule has 0 spiro atoms. The average molecular weight is 475 g/mol. The summed E-state index contributed by atoms with van der Waals surface area (Å²) in [5.74, 6) is 1.22.